The summed E-state index contributed by atoms with van der Waals surface area (Å²) in [6.07, 6.45) is -5.77. The molecule has 1 rings (SSSR count). The number of alkyl halides is 3. The first-order valence-corrected chi connectivity index (χ1v) is 8.16. The lowest BCUT2D eigenvalue weighted by atomic mass is 10.0. The molecule has 1 aromatic rings. The molecule has 0 aliphatic rings. The van der Waals surface area contributed by atoms with Crippen LogP contribution in [0.1, 0.15) is 30.6 Å². The maximum atomic E-state index is 12.7. The van der Waals surface area contributed by atoms with Crippen LogP contribution in [-0.4, -0.2) is 43.3 Å². The molecule has 0 aliphatic heterocycles. The predicted octanol–water partition coefficient (Wildman–Crippen LogP) is 2.79. The second-order valence-corrected chi connectivity index (χ2v) is 5.28. The number of esters is 2. The van der Waals surface area contributed by atoms with Crippen molar-refractivity contribution in [2.75, 3.05) is 13.2 Å². The third-order valence-corrected chi connectivity index (χ3v) is 3.21. The molecule has 1 amide bonds. The molecule has 148 valence electrons. The Morgan fingerprint density at radius 3 is 2.19 bits per heavy atom. The van der Waals surface area contributed by atoms with Crippen LogP contribution in [0.3, 0.4) is 0 Å². The smallest absolute Gasteiger partial charge is 0.410 e. The van der Waals surface area contributed by atoms with Crippen molar-refractivity contribution in [2.45, 2.75) is 32.5 Å². The van der Waals surface area contributed by atoms with Gasteiger partial charge in [-0.15, -0.1) is 0 Å². The Morgan fingerprint density at radius 2 is 1.67 bits per heavy atom. The van der Waals surface area contributed by atoms with Crippen LogP contribution in [0.25, 0.3) is 0 Å². The fourth-order valence-electron chi connectivity index (χ4n) is 2.11. The molecule has 0 radical (unpaired) electrons. The summed E-state index contributed by atoms with van der Waals surface area (Å²) in [5.74, 6) is -2.87. The number of carbonyl (C=O) groups excluding carboxylic acids is 3. The number of nitrogens with one attached hydrogen (secondary N) is 1. The van der Waals surface area contributed by atoms with Crippen molar-refractivity contribution >= 4 is 17.8 Å². The van der Waals surface area contributed by atoms with Crippen molar-refractivity contribution in [3.8, 4) is 0 Å². The molecule has 0 saturated heterocycles. The first kappa shape index (κ1) is 22.2. The SMILES string of the molecule is CCOC(=O)/C(=C\C(F)(F)F)C[C@H](NC(=O)c1ccccc1)C(=O)OCC. The van der Waals surface area contributed by atoms with Gasteiger partial charge in [-0.3, -0.25) is 4.79 Å². The van der Waals surface area contributed by atoms with E-state index in [1.54, 1.807) is 18.2 Å². The Kier molecular flexibility index (Phi) is 8.50. The van der Waals surface area contributed by atoms with Gasteiger partial charge >= 0.3 is 18.1 Å². The summed E-state index contributed by atoms with van der Waals surface area (Å²) in [5.41, 5.74) is -0.597. The molecule has 0 unspecified atom stereocenters. The number of rotatable bonds is 8. The highest BCUT2D eigenvalue weighted by Crippen LogP contribution is 2.22. The summed E-state index contributed by atoms with van der Waals surface area (Å²) in [4.78, 5) is 36.2. The number of ether oxygens (including phenoxy) is 2. The van der Waals surface area contributed by atoms with Gasteiger partial charge in [-0.1, -0.05) is 18.2 Å². The molecule has 27 heavy (non-hydrogen) atoms. The molecule has 0 fully saturated rings. The first-order valence-electron chi connectivity index (χ1n) is 8.16. The second kappa shape index (κ2) is 10.3. The number of amides is 1. The Labute approximate surface area is 154 Å². The van der Waals surface area contributed by atoms with Gasteiger partial charge in [0.05, 0.1) is 13.2 Å². The number of halogens is 3. The van der Waals surface area contributed by atoms with E-state index in [9.17, 15) is 27.6 Å². The normalized spacial score (nSPS) is 12.9. The predicted molar refractivity (Wildman–Crippen MR) is 89.7 cm³/mol. The minimum Gasteiger partial charge on any atom is -0.464 e. The van der Waals surface area contributed by atoms with E-state index in [0.29, 0.717) is 0 Å². The monoisotopic (exact) mass is 387 g/mol. The summed E-state index contributed by atoms with van der Waals surface area (Å²) in [5, 5.41) is 2.30. The van der Waals surface area contributed by atoms with Crippen molar-refractivity contribution in [3.05, 3.63) is 47.5 Å². The molecule has 0 heterocycles. The van der Waals surface area contributed by atoms with Crippen LogP contribution in [0, 0.1) is 0 Å². The quantitative estimate of drug-likeness (QED) is 0.548. The van der Waals surface area contributed by atoms with Crippen molar-refractivity contribution in [2.24, 2.45) is 0 Å². The molecule has 1 N–H and O–H groups in total. The molecule has 0 saturated carbocycles. The highest BCUT2D eigenvalue weighted by atomic mass is 19.4. The summed E-state index contributed by atoms with van der Waals surface area (Å²) in [6.45, 7) is 2.75. The summed E-state index contributed by atoms with van der Waals surface area (Å²) in [6, 6.07) is 6.29. The summed E-state index contributed by atoms with van der Waals surface area (Å²) in [7, 11) is 0. The van der Waals surface area contributed by atoms with Gasteiger partial charge < -0.3 is 14.8 Å². The lowest BCUT2D eigenvalue weighted by molar-refractivity contribution is -0.145. The number of allylic oxidation sites excluding steroid dienone is 1. The molecule has 0 aliphatic carbocycles. The van der Waals surface area contributed by atoms with E-state index < -0.39 is 42.1 Å². The zero-order valence-corrected chi connectivity index (χ0v) is 14.8. The fraction of sp³-hybridized carbons (Fsp3) is 0.389. The molecule has 6 nitrogen and oxygen atoms in total. The van der Waals surface area contributed by atoms with Gasteiger partial charge in [-0.25, -0.2) is 9.59 Å². The van der Waals surface area contributed by atoms with Crippen LogP contribution in [-0.2, 0) is 19.1 Å². The molecular formula is C18H20F3NO5. The minimum absolute atomic E-state index is 0.0474. The third kappa shape index (κ3) is 7.93. The lowest BCUT2D eigenvalue weighted by Crippen LogP contribution is -2.42. The second-order valence-electron chi connectivity index (χ2n) is 5.28. The topological polar surface area (TPSA) is 81.7 Å². The maximum Gasteiger partial charge on any atom is 0.410 e. The number of hydrogen-bond donors (Lipinski definition) is 1. The average Bonchev–Trinajstić information content (AvgIpc) is 2.60. The third-order valence-electron chi connectivity index (χ3n) is 3.21. The molecule has 1 aromatic carbocycles. The molecule has 0 bridgehead atoms. The van der Waals surface area contributed by atoms with Crippen molar-refractivity contribution < 1.29 is 37.0 Å². The summed E-state index contributed by atoms with van der Waals surface area (Å²) >= 11 is 0. The van der Waals surface area contributed by atoms with E-state index in [4.69, 9.17) is 4.74 Å². The maximum absolute atomic E-state index is 12.7. The number of carbonyl (C=O) groups is 3. The van der Waals surface area contributed by atoms with E-state index in [1.807, 2.05) is 0 Å². The van der Waals surface area contributed by atoms with Gasteiger partial charge in [0.15, 0.2) is 0 Å². The standard InChI is InChI=1S/C18H20F3NO5/c1-3-26-16(24)13(11-18(19,20)21)10-14(17(25)27-4-2)22-15(23)12-8-6-5-7-9-12/h5-9,11,14H,3-4,10H2,1-2H3,(H,22,23)/b13-11-/t14-/m0/s1. The van der Waals surface area contributed by atoms with Crippen LogP contribution in [0.4, 0.5) is 13.2 Å². The van der Waals surface area contributed by atoms with Crippen molar-refractivity contribution in [3.63, 3.8) is 0 Å². The van der Waals surface area contributed by atoms with Gasteiger partial charge in [0, 0.05) is 23.6 Å². The van der Waals surface area contributed by atoms with E-state index in [-0.39, 0.29) is 24.9 Å². The first-order chi connectivity index (χ1) is 12.7. The van der Waals surface area contributed by atoms with Crippen molar-refractivity contribution in [1.82, 2.24) is 5.32 Å². The van der Waals surface area contributed by atoms with Gasteiger partial charge in [-0.2, -0.15) is 13.2 Å². The van der Waals surface area contributed by atoms with Gasteiger partial charge in [0.25, 0.3) is 5.91 Å². The number of benzene rings is 1. The molecule has 1 atom stereocenters. The minimum atomic E-state index is -4.80. The fourth-order valence-corrected chi connectivity index (χ4v) is 2.11. The van der Waals surface area contributed by atoms with Gasteiger partial charge in [0.1, 0.15) is 6.04 Å². The Morgan fingerprint density at radius 1 is 1.07 bits per heavy atom. The Hall–Kier alpha value is -2.84. The molecule has 9 heteroatoms. The summed E-state index contributed by atoms with van der Waals surface area (Å²) < 4.78 is 47.6. The van der Waals surface area contributed by atoms with Crippen LogP contribution in [0.15, 0.2) is 42.0 Å². The Bertz CT molecular complexity index is 686. The van der Waals surface area contributed by atoms with Crippen LogP contribution >= 0.6 is 0 Å². The molecule has 0 spiro atoms. The molecule has 0 aromatic heterocycles. The van der Waals surface area contributed by atoms with Crippen LogP contribution < -0.4 is 5.32 Å². The highest BCUT2D eigenvalue weighted by molar-refractivity contribution is 5.97. The zero-order valence-electron chi connectivity index (χ0n) is 14.8. The van der Waals surface area contributed by atoms with Gasteiger partial charge in [-0.05, 0) is 26.0 Å². The van der Waals surface area contributed by atoms with Crippen LogP contribution in [0.2, 0.25) is 0 Å². The lowest BCUT2D eigenvalue weighted by Gasteiger charge is -2.19. The van der Waals surface area contributed by atoms with E-state index >= 15 is 0 Å². The zero-order chi connectivity index (χ0) is 20.4. The number of hydrogen-bond acceptors (Lipinski definition) is 5. The van der Waals surface area contributed by atoms with E-state index in [1.165, 1.54) is 26.0 Å². The van der Waals surface area contributed by atoms with E-state index in [0.717, 1.165) is 0 Å². The Balaban J connectivity index is 3.10. The van der Waals surface area contributed by atoms with E-state index in [2.05, 4.69) is 10.1 Å². The largest absolute Gasteiger partial charge is 0.464 e. The van der Waals surface area contributed by atoms with Crippen molar-refractivity contribution in [1.29, 1.82) is 0 Å². The van der Waals surface area contributed by atoms with Gasteiger partial charge in [0.2, 0.25) is 0 Å². The highest BCUT2D eigenvalue weighted by Gasteiger charge is 2.32. The average molecular weight is 387 g/mol. The van der Waals surface area contributed by atoms with Crippen LogP contribution in [0.5, 0.6) is 0 Å². The molecular weight excluding hydrogens is 367 g/mol.